The summed E-state index contributed by atoms with van der Waals surface area (Å²) in [6.07, 6.45) is -0.754. The molecule has 1 saturated heterocycles. The van der Waals surface area contributed by atoms with E-state index in [9.17, 15) is 4.79 Å². The van der Waals surface area contributed by atoms with E-state index in [0.717, 1.165) is 0 Å². The molecule has 0 bridgehead atoms. The van der Waals surface area contributed by atoms with E-state index in [-0.39, 0.29) is 18.1 Å². The molecule has 5 heteroatoms. The standard InChI is InChI=1S/C8H12Cl2O3/c1-4(2)7-5(3-6(9)10)12-8(11)13-7/h4-7H,3H2,1-2H3/t5-,7+/m0/s1. The molecule has 0 amide bonds. The largest absolute Gasteiger partial charge is 0.509 e. The Hall–Kier alpha value is -0.150. The highest BCUT2D eigenvalue weighted by molar-refractivity contribution is 6.44. The van der Waals surface area contributed by atoms with Gasteiger partial charge in [-0.05, 0) is 5.92 Å². The Labute approximate surface area is 87.3 Å². The summed E-state index contributed by atoms with van der Waals surface area (Å²) in [5.74, 6) is 0.212. The third kappa shape index (κ3) is 2.92. The fourth-order valence-corrected chi connectivity index (χ4v) is 1.68. The molecule has 1 rings (SSSR count). The first-order valence-corrected chi connectivity index (χ1v) is 5.03. The highest BCUT2D eigenvalue weighted by Gasteiger charge is 2.39. The Bertz CT molecular complexity index is 194. The lowest BCUT2D eigenvalue weighted by molar-refractivity contribution is 0.101. The van der Waals surface area contributed by atoms with Gasteiger partial charge in [0.2, 0.25) is 0 Å². The van der Waals surface area contributed by atoms with Crippen molar-refractivity contribution >= 4 is 29.4 Å². The summed E-state index contributed by atoms with van der Waals surface area (Å²) in [5.41, 5.74) is 0. The fourth-order valence-electron chi connectivity index (χ4n) is 1.33. The van der Waals surface area contributed by atoms with Crippen LogP contribution in [0.2, 0.25) is 0 Å². The van der Waals surface area contributed by atoms with Gasteiger partial charge in [-0.1, -0.05) is 13.8 Å². The SMILES string of the molecule is CC(C)[C@H]1OC(=O)O[C@H]1CC(Cl)Cl. The first kappa shape index (κ1) is 10.9. The van der Waals surface area contributed by atoms with Crippen LogP contribution in [0.25, 0.3) is 0 Å². The number of hydrogen-bond donors (Lipinski definition) is 0. The Morgan fingerprint density at radius 3 is 2.46 bits per heavy atom. The van der Waals surface area contributed by atoms with E-state index in [1.807, 2.05) is 13.8 Å². The second kappa shape index (κ2) is 4.38. The predicted molar refractivity (Wildman–Crippen MR) is 50.1 cm³/mol. The molecule has 76 valence electrons. The van der Waals surface area contributed by atoms with Crippen LogP contribution in [0.3, 0.4) is 0 Å². The second-order valence-electron chi connectivity index (χ2n) is 3.36. The van der Waals surface area contributed by atoms with Gasteiger partial charge in [-0.3, -0.25) is 0 Å². The van der Waals surface area contributed by atoms with Crippen LogP contribution in [-0.2, 0) is 9.47 Å². The summed E-state index contributed by atoms with van der Waals surface area (Å²) in [6, 6.07) is 0. The molecule has 1 heterocycles. The van der Waals surface area contributed by atoms with Crippen molar-refractivity contribution in [1.82, 2.24) is 0 Å². The van der Waals surface area contributed by atoms with Crippen molar-refractivity contribution in [2.24, 2.45) is 5.92 Å². The van der Waals surface area contributed by atoms with Gasteiger partial charge in [-0.25, -0.2) is 4.79 Å². The van der Waals surface area contributed by atoms with Crippen molar-refractivity contribution < 1.29 is 14.3 Å². The van der Waals surface area contributed by atoms with E-state index in [2.05, 4.69) is 0 Å². The zero-order valence-electron chi connectivity index (χ0n) is 7.50. The number of halogens is 2. The second-order valence-corrected chi connectivity index (χ2v) is 4.64. The van der Waals surface area contributed by atoms with E-state index in [1.54, 1.807) is 0 Å². The first-order valence-electron chi connectivity index (χ1n) is 4.16. The molecule has 0 aromatic heterocycles. The summed E-state index contributed by atoms with van der Waals surface area (Å²) in [4.78, 5) is 10.3. The van der Waals surface area contributed by atoms with Crippen LogP contribution in [0.4, 0.5) is 4.79 Å². The molecule has 0 aliphatic carbocycles. The van der Waals surface area contributed by atoms with Crippen molar-refractivity contribution in [3.63, 3.8) is 0 Å². The number of ether oxygens (including phenoxy) is 2. The van der Waals surface area contributed by atoms with Crippen molar-refractivity contribution in [3.05, 3.63) is 0 Å². The normalized spacial score (nSPS) is 28.0. The summed E-state index contributed by atoms with van der Waals surface area (Å²) in [6.45, 7) is 3.91. The van der Waals surface area contributed by atoms with E-state index in [4.69, 9.17) is 32.7 Å². The van der Waals surface area contributed by atoms with Gasteiger partial charge in [-0.2, -0.15) is 0 Å². The van der Waals surface area contributed by atoms with Crippen molar-refractivity contribution in [1.29, 1.82) is 0 Å². The molecule has 1 fully saturated rings. The summed E-state index contributed by atoms with van der Waals surface area (Å²) >= 11 is 11.2. The third-order valence-corrected chi connectivity index (χ3v) is 2.27. The van der Waals surface area contributed by atoms with E-state index >= 15 is 0 Å². The van der Waals surface area contributed by atoms with Gasteiger partial charge >= 0.3 is 6.16 Å². The third-order valence-electron chi connectivity index (χ3n) is 1.91. The van der Waals surface area contributed by atoms with Gasteiger partial charge in [0.15, 0.2) is 0 Å². The van der Waals surface area contributed by atoms with Crippen molar-refractivity contribution in [2.45, 2.75) is 37.3 Å². The summed E-state index contributed by atoms with van der Waals surface area (Å²) in [5, 5.41) is 0. The number of alkyl halides is 2. The fraction of sp³-hybridized carbons (Fsp3) is 0.875. The van der Waals surface area contributed by atoms with E-state index in [0.29, 0.717) is 6.42 Å². The van der Waals surface area contributed by atoms with Crippen LogP contribution in [-0.4, -0.2) is 23.2 Å². The van der Waals surface area contributed by atoms with Crippen molar-refractivity contribution in [2.75, 3.05) is 0 Å². The van der Waals surface area contributed by atoms with Gasteiger partial charge in [0.05, 0.1) is 0 Å². The highest BCUT2D eigenvalue weighted by atomic mass is 35.5. The molecule has 0 unspecified atom stereocenters. The minimum absolute atomic E-state index is 0.212. The van der Waals surface area contributed by atoms with Crippen LogP contribution in [0.5, 0.6) is 0 Å². The minimum Gasteiger partial charge on any atom is -0.427 e. The average Bonchev–Trinajstić information content (AvgIpc) is 2.29. The maximum absolute atomic E-state index is 10.8. The topological polar surface area (TPSA) is 35.5 Å². The molecule has 0 saturated carbocycles. The summed E-state index contributed by atoms with van der Waals surface area (Å²) in [7, 11) is 0. The van der Waals surface area contributed by atoms with Crippen LogP contribution in [0.15, 0.2) is 0 Å². The lowest BCUT2D eigenvalue weighted by Gasteiger charge is -2.18. The number of carbonyl (C=O) groups excluding carboxylic acids is 1. The molecule has 13 heavy (non-hydrogen) atoms. The Balaban J connectivity index is 2.55. The number of cyclic esters (lactones) is 2. The minimum atomic E-state index is -0.627. The maximum atomic E-state index is 10.8. The van der Waals surface area contributed by atoms with E-state index in [1.165, 1.54) is 0 Å². The zero-order chi connectivity index (χ0) is 10.0. The quantitative estimate of drug-likeness (QED) is 0.549. The number of hydrogen-bond acceptors (Lipinski definition) is 3. The lowest BCUT2D eigenvalue weighted by atomic mass is 10.0. The first-order chi connectivity index (χ1) is 6.00. The molecular weight excluding hydrogens is 215 g/mol. The van der Waals surface area contributed by atoms with Crippen LogP contribution in [0.1, 0.15) is 20.3 Å². The predicted octanol–water partition coefficient (Wildman–Crippen LogP) is 2.74. The monoisotopic (exact) mass is 226 g/mol. The maximum Gasteiger partial charge on any atom is 0.509 e. The molecule has 2 atom stereocenters. The molecule has 0 N–H and O–H groups in total. The van der Waals surface area contributed by atoms with Crippen LogP contribution < -0.4 is 0 Å². The van der Waals surface area contributed by atoms with Gasteiger partial charge in [0.25, 0.3) is 0 Å². The van der Waals surface area contributed by atoms with Gasteiger partial charge in [-0.15, -0.1) is 23.2 Å². The van der Waals surface area contributed by atoms with Gasteiger partial charge in [0, 0.05) is 6.42 Å². The Kier molecular flexibility index (Phi) is 3.68. The van der Waals surface area contributed by atoms with E-state index < -0.39 is 11.0 Å². The van der Waals surface area contributed by atoms with Crippen molar-refractivity contribution in [3.8, 4) is 0 Å². The molecule has 1 aliphatic rings. The Morgan fingerprint density at radius 2 is 2.00 bits per heavy atom. The summed E-state index contributed by atoms with van der Waals surface area (Å²) < 4.78 is 9.87. The number of rotatable bonds is 3. The highest BCUT2D eigenvalue weighted by Crippen LogP contribution is 2.27. The smallest absolute Gasteiger partial charge is 0.427 e. The molecule has 3 nitrogen and oxygen atoms in total. The lowest BCUT2D eigenvalue weighted by Crippen LogP contribution is -2.29. The molecule has 0 spiro atoms. The molecular formula is C8H12Cl2O3. The molecule has 1 aliphatic heterocycles. The average molecular weight is 227 g/mol. The number of carbonyl (C=O) groups is 1. The zero-order valence-corrected chi connectivity index (χ0v) is 9.01. The Morgan fingerprint density at radius 1 is 1.38 bits per heavy atom. The van der Waals surface area contributed by atoms with Gasteiger partial charge < -0.3 is 9.47 Å². The van der Waals surface area contributed by atoms with Crippen LogP contribution >= 0.6 is 23.2 Å². The molecule has 0 aromatic carbocycles. The molecule has 0 aromatic rings. The molecule has 0 radical (unpaired) electrons. The van der Waals surface area contributed by atoms with Crippen LogP contribution in [0, 0.1) is 5.92 Å². The van der Waals surface area contributed by atoms with Gasteiger partial charge in [0.1, 0.15) is 17.0 Å².